The summed E-state index contributed by atoms with van der Waals surface area (Å²) in [4.78, 5) is 14.5. The second-order valence-corrected chi connectivity index (χ2v) is 7.17. The molecular weight excluding hydrogens is 316 g/mol. The molecule has 0 aromatic carbocycles. The van der Waals surface area contributed by atoms with Crippen LogP contribution in [0.2, 0.25) is 0 Å². The Morgan fingerprint density at radius 1 is 1.28 bits per heavy atom. The van der Waals surface area contributed by atoms with E-state index >= 15 is 0 Å². The van der Waals surface area contributed by atoms with Crippen LogP contribution in [0.4, 0.5) is 5.82 Å². The highest BCUT2D eigenvalue weighted by molar-refractivity contribution is 5.96. The number of aromatic amines is 1. The maximum atomic E-state index is 12.3. The van der Waals surface area contributed by atoms with Crippen molar-refractivity contribution in [2.75, 3.05) is 24.5 Å². The normalized spacial score (nSPS) is 17.1. The summed E-state index contributed by atoms with van der Waals surface area (Å²) >= 11 is 0. The minimum Gasteiger partial charge on any atom is -0.354 e. The van der Waals surface area contributed by atoms with Crippen LogP contribution in [0.15, 0.2) is 6.07 Å². The van der Waals surface area contributed by atoms with Crippen LogP contribution in [0.5, 0.6) is 0 Å². The number of amides is 1. The largest absolute Gasteiger partial charge is 0.354 e. The lowest BCUT2D eigenvalue weighted by molar-refractivity contribution is 0.0943. The molecule has 2 aromatic heterocycles. The zero-order valence-electron chi connectivity index (χ0n) is 14.8. The van der Waals surface area contributed by atoms with Crippen LogP contribution in [0, 0.1) is 19.8 Å². The summed E-state index contributed by atoms with van der Waals surface area (Å²) in [5.41, 5.74) is 4.75. The van der Waals surface area contributed by atoms with Gasteiger partial charge in [-0.15, -0.1) is 5.10 Å². The zero-order chi connectivity index (χ0) is 17.4. The van der Waals surface area contributed by atoms with Gasteiger partial charge in [0.05, 0.1) is 17.0 Å². The molecule has 1 amide bonds. The first-order chi connectivity index (χ1) is 12.1. The Kier molecular flexibility index (Phi) is 4.15. The molecule has 4 rings (SSSR count). The van der Waals surface area contributed by atoms with Crippen LogP contribution in [-0.4, -0.2) is 45.9 Å². The molecule has 0 spiro atoms. The Hall–Kier alpha value is -2.44. The van der Waals surface area contributed by atoms with Crippen LogP contribution in [0.1, 0.15) is 45.8 Å². The van der Waals surface area contributed by atoms with Gasteiger partial charge in [0.2, 0.25) is 0 Å². The molecule has 1 aliphatic carbocycles. The number of rotatable bonds is 4. The van der Waals surface area contributed by atoms with Crippen molar-refractivity contribution in [2.24, 2.45) is 5.92 Å². The SMILES string of the molecule is Cc1n[nH]c(C)c1C(=O)NCC1CN(c2cc3c(nn2)CCCC3)C1. The summed E-state index contributed by atoms with van der Waals surface area (Å²) in [6, 6.07) is 2.20. The van der Waals surface area contributed by atoms with Gasteiger partial charge in [0.15, 0.2) is 5.82 Å². The first-order valence-electron chi connectivity index (χ1n) is 9.02. The predicted octanol–water partition coefficient (Wildman–Crippen LogP) is 1.56. The number of nitrogens with zero attached hydrogens (tertiary/aromatic N) is 4. The molecule has 0 radical (unpaired) electrons. The molecule has 0 bridgehead atoms. The molecule has 0 unspecified atom stereocenters. The topological polar surface area (TPSA) is 86.8 Å². The van der Waals surface area contributed by atoms with Gasteiger partial charge in [-0.05, 0) is 51.2 Å². The van der Waals surface area contributed by atoms with Crippen molar-refractivity contribution in [3.8, 4) is 0 Å². The van der Waals surface area contributed by atoms with Gasteiger partial charge in [-0.1, -0.05) is 0 Å². The molecular formula is C18H24N6O. The summed E-state index contributed by atoms with van der Waals surface area (Å²) in [6.07, 6.45) is 4.65. The van der Waals surface area contributed by atoms with E-state index in [2.05, 4.69) is 36.7 Å². The van der Waals surface area contributed by atoms with Gasteiger partial charge in [-0.3, -0.25) is 9.89 Å². The Morgan fingerprint density at radius 2 is 2.08 bits per heavy atom. The monoisotopic (exact) mass is 340 g/mol. The molecule has 1 aliphatic heterocycles. The standard InChI is InChI=1S/C18H24N6O/c1-11-17(12(2)21-20-11)18(25)19-8-13-9-24(10-13)16-7-14-5-3-4-6-15(14)22-23-16/h7,13H,3-6,8-10H2,1-2H3,(H,19,25)(H,20,21). The van der Waals surface area contributed by atoms with Gasteiger partial charge >= 0.3 is 0 Å². The van der Waals surface area contributed by atoms with E-state index in [0.717, 1.165) is 43.1 Å². The van der Waals surface area contributed by atoms with Gasteiger partial charge in [0, 0.05) is 31.2 Å². The fourth-order valence-electron chi connectivity index (χ4n) is 3.73. The van der Waals surface area contributed by atoms with Crippen LogP contribution < -0.4 is 10.2 Å². The lowest BCUT2D eigenvalue weighted by Gasteiger charge is -2.40. The predicted molar refractivity (Wildman–Crippen MR) is 94.8 cm³/mol. The molecule has 0 saturated carbocycles. The lowest BCUT2D eigenvalue weighted by Crippen LogP contribution is -2.52. The van der Waals surface area contributed by atoms with E-state index in [1.54, 1.807) is 0 Å². The smallest absolute Gasteiger partial charge is 0.255 e. The van der Waals surface area contributed by atoms with Crippen molar-refractivity contribution in [1.29, 1.82) is 0 Å². The highest BCUT2D eigenvalue weighted by atomic mass is 16.1. The number of aromatic nitrogens is 4. The van der Waals surface area contributed by atoms with Gasteiger partial charge in [-0.2, -0.15) is 10.2 Å². The fourth-order valence-corrected chi connectivity index (χ4v) is 3.73. The Balaban J connectivity index is 1.30. The molecule has 2 N–H and O–H groups in total. The van der Waals surface area contributed by atoms with E-state index in [1.165, 1.54) is 24.1 Å². The Labute approximate surface area is 147 Å². The number of anilines is 1. The summed E-state index contributed by atoms with van der Waals surface area (Å²) in [5.74, 6) is 1.38. The second-order valence-electron chi connectivity index (χ2n) is 7.17. The average molecular weight is 340 g/mol. The zero-order valence-corrected chi connectivity index (χ0v) is 14.8. The van der Waals surface area contributed by atoms with Crippen molar-refractivity contribution in [3.63, 3.8) is 0 Å². The van der Waals surface area contributed by atoms with E-state index in [9.17, 15) is 4.79 Å². The molecule has 1 fully saturated rings. The quantitative estimate of drug-likeness (QED) is 0.882. The number of hydrogen-bond acceptors (Lipinski definition) is 5. The number of hydrogen-bond donors (Lipinski definition) is 2. The second kappa shape index (κ2) is 6.46. The first kappa shape index (κ1) is 16.1. The fraction of sp³-hybridized carbons (Fsp3) is 0.556. The van der Waals surface area contributed by atoms with Gasteiger partial charge < -0.3 is 10.2 Å². The number of fused-ring (bicyclic) bond motifs is 1. The van der Waals surface area contributed by atoms with Gasteiger partial charge in [0.1, 0.15) is 0 Å². The molecule has 7 nitrogen and oxygen atoms in total. The van der Waals surface area contributed by atoms with E-state index < -0.39 is 0 Å². The van der Waals surface area contributed by atoms with E-state index in [-0.39, 0.29) is 5.91 Å². The van der Waals surface area contributed by atoms with E-state index in [1.807, 2.05) is 13.8 Å². The molecule has 0 atom stereocenters. The highest BCUT2D eigenvalue weighted by Gasteiger charge is 2.29. The van der Waals surface area contributed by atoms with Crippen molar-refractivity contribution in [3.05, 3.63) is 34.3 Å². The Bertz CT molecular complexity index is 773. The third kappa shape index (κ3) is 3.10. The molecule has 2 aromatic rings. The number of aryl methyl sites for hydroxylation is 4. The molecule has 25 heavy (non-hydrogen) atoms. The molecule has 3 heterocycles. The van der Waals surface area contributed by atoms with Crippen LogP contribution in [-0.2, 0) is 12.8 Å². The van der Waals surface area contributed by atoms with Crippen LogP contribution >= 0.6 is 0 Å². The molecule has 132 valence electrons. The summed E-state index contributed by atoms with van der Waals surface area (Å²) < 4.78 is 0. The first-order valence-corrected chi connectivity index (χ1v) is 9.02. The van der Waals surface area contributed by atoms with Crippen molar-refractivity contribution in [1.82, 2.24) is 25.7 Å². The van der Waals surface area contributed by atoms with E-state index in [0.29, 0.717) is 18.0 Å². The minimum absolute atomic E-state index is 0.0456. The Morgan fingerprint density at radius 3 is 2.84 bits per heavy atom. The average Bonchev–Trinajstić information content (AvgIpc) is 2.92. The highest BCUT2D eigenvalue weighted by Crippen LogP contribution is 2.26. The number of H-pyrrole nitrogens is 1. The third-order valence-corrected chi connectivity index (χ3v) is 5.24. The van der Waals surface area contributed by atoms with Gasteiger partial charge in [0.25, 0.3) is 5.91 Å². The third-order valence-electron chi connectivity index (χ3n) is 5.24. The summed E-state index contributed by atoms with van der Waals surface area (Å²) in [7, 11) is 0. The van der Waals surface area contributed by atoms with E-state index in [4.69, 9.17) is 0 Å². The van der Waals surface area contributed by atoms with Crippen LogP contribution in [0.25, 0.3) is 0 Å². The number of carbonyl (C=O) groups is 1. The summed E-state index contributed by atoms with van der Waals surface area (Å²) in [5, 5.41) is 18.7. The molecule has 1 saturated heterocycles. The molecule has 2 aliphatic rings. The van der Waals surface area contributed by atoms with Gasteiger partial charge in [-0.25, -0.2) is 0 Å². The van der Waals surface area contributed by atoms with Crippen LogP contribution in [0.3, 0.4) is 0 Å². The maximum Gasteiger partial charge on any atom is 0.255 e. The number of carbonyl (C=O) groups excluding carboxylic acids is 1. The summed E-state index contributed by atoms with van der Waals surface area (Å²) in [6.45, 7) is 6.22. The lowest BCUT2D eigenvalue weighted by atomic mass is 9.95. The van der Waals surface area contributed by atoms with Crippen molar-refractivity contribution >= 4 is 11.7 Å². The maximum absolute atomic E-state index is 12.3. The molecule has 7 heteroatoms. The number of nitrogens with one attached hydrogen (secondary N) is 2. The minimum atomic E-state index is -0.0456. The van der Waals surface area contributed by atoms with Crippen molar-refractivity contribution in [2.45, 2.75) is 39.5 Å². The van der Waals surface area contributed by atoms with Crippen molar-refractivity contribution < 1.29 is 4.79 Å².